The Morgan fingerprint density at radius 1 is 1.58 bits per heavy atom. The maximum atomic E-state index is 9.72. The number of rotatable bonds is 4. The van der Waals surface area contributed by atoms with E-state index in [1.807, 2.05) is 13.8 Å². The minimum Gasteiger partial charge on any atom is -0.386 e. The first-order chi connectivity index (χ1) is 5.54. The molecular weight excluding hydrogens is 156 g/mol. The zero-order valence-electron chi connectivity index (χ0n) is 7.71. The predicted octanol–water partition coefficient (Wildman–Crippen LogP) is -0.927. The monoisotopic (exact) mass is 174 g/mol. The number of hydrogen-bond acceptors (Lipinski definition) is 4. The standard InChI is InChI=1S/C8H18N2O2/c1-6(2)12-3-7(9)8(11)4-10-5-8/h6-7,10-11H,3-5,9H2,1-2H3. The van der Waals surface area contributed by atoms with Crippen molar-refractivity contribution in [2.75, 3.05) is 19.7 Å². The van der Waals surface area contributed by atoms with Gasteiger partial charge in [0.2, 0.25) is 0 Å². The molecule has 4 N–H and O–H groups in total. The summed E-state index contributed by atoms with van der Waals surface area (Å²) in [4.78, 5) is 0. The Balaban J connectivity index is 2.23. The molecule has 1 saturated heterocycles. The van der Waals surface area contributed by atoms with E-state index in [9.17, 15) is 5.11 Å². The Labute approximate surface area is 73.1 Å². The number of ether oxygens (including phenoxy) is 1. The summed E-state index contributed by atoms with van der Waals surface area (Å²) in [6, 6.07) is -0.277. The van der Waals surface area contributed by atoms with Crippen LogP contribution in [0.1, 0.15) is 13.8 Å². The van der Waals surface area contributed by atoms with Crippen molar-refractivity contribution in [3.05, 3.63) is 0 Å². The van der Waals surface area contributed by atoms with E-state index in [0.29, 0.717) is 19.7 Å². The lowest BCUT2D eigenvalue weighted by molar-refractivity contribution is -0.0630. The maximum absolute atomic E-state index is 9.72. The third kappa shape index (κ3) is 2.17. The number of nitrogens with two attached hydrogens (primary N) is 1. The molecule has 0 amide bonds. The molecule has 1 aliphatic heterocycles. The van der Waals surface area contributed by atoms with E-state index in [-0.39, 0.29) is 12.1 Å². The Kier molecular flexibility index (Phi) is 3.06. The number of hydrogen-bond donors (Lipinski definition) is 3. The van der Waals surface area contributed by atoms with E-state index in [1.54, 1.807) is 0 Å². The van der Waals surface area contributed by atoms with Gasteiger partial charge < -0.3 is 20.9 Å². The maximum Gasteiger partial charge on any atom is 0.107 e. The van der Waals surface area contributed by atoms with Crippen molar-refractivity contribution < 1.29 is 9.84 Å². The molecule has 72 valence electrons. The first-order valence-corrected chi connectivity index (χ1v) is 4.35. The van der Waals surface area contributed by atoms with Gasteiger partial charge in [-0.1, -0.05) is 0 Å². The van der Waals surface area contributed by atoms with Crippen molar-refractivity contribution in [2.45, 2.75) is 31.6 Å². The van der Waals surface area contributed by atoms with Gasteiger partial charge in [0.15, 0.2) is 0 Å². The van der Waals surface area contributed by atoms with Crippen LogP contribution in [0.2, 0.25) is 0 Å². The average molecular weight is 174 g/mol. The van der Waals surface area contributed by atoms with Crippen LogP contribution in [-0.4, -0.2) is 42.5 Å². The highest BCUT2D eigenvalue weighted by molar-refractivity contribution is 5.00. The van der Waals surface area contributed by atoms with E-state index in [4.69, 9.17) is 10.5 Å². The molecule has 1 atom stereocenters. The molecule has 1 aliphatic rings. The highest BCUT2D eigenvalue weighted by atomic mass is 16.5. The Morgan fingerprint density at radius 3 is 2.50 bits per heavy atom. The van der Waals surface area contributed by atoms with Gasteiger partial charge in [-0.25, -0.2) is 0 Å². The predicted molar refractivity (Wildman–Crippen MR) is 46.9 cm³/mol. The molecule has 0 aromatic rings. The van der Waals surface area contributed by atoms with Crippen LogP contribution in [0.25, 0.3) is 0 Å². The second kappa shape index (κ2) is 3.70. The fraction of sp³-hybridized carbons (Fsp3) is 1.00. The van der Waals surface area contributed by atoms with E-state index in [2.05, 4.69) is 5.32 Å². The summed E-state index contributed by atoms with van der Waals surface area (Å²) in [7, 11) is 0. The zero-order chi connectivity index (χ0) is 9.19. The van der Waals surface area contributed by atoms with Gasteiger partial charge in [-0.15, -0.1) is 0 Å². The van der Waals surface area contributed by atoms with Crippen LogP contribution >= 0.6 is 0 Å². The van der Waals surface area contributed by atoms with Crippen molar-refractivity contribution in [1.29, 1.82) is 0 Å². The van der Waals surface area contributed by atoms with Crippen LogP contribution < -0.4 is 11.1 Å². The smallest absolute Gasteiger partial charge is 0.107 e. The largest absolute Gasteiger partial charge is 0.386 e. The molecule has 4 heteroatoms. The first-order valence-electron chi connectivity index (χ1n) is 4.35. The van der Waals surface area contributed by atoms with Gasteiger partial charge in [-0.3, -0.25) is 0 Å². The van der Waals surface area contributed by atoms with E-state index < -0.39 is 5.60 Å². The highest BCUT2D eigenvalue weighted by Gasteiger charge is 2.40. The van der Waals surface area contributed by atoms with E-state index in [0.717, 1.165) is 0 Å². The zero-order valence-corrected chi connectivity index (χ0v) is 7.71. The van der Waals surface area contributed by atoms with Gasteiger partial charge >= 0.3 is 0 Å². The summed E-state index contributed by atoms with van der Waals surface area (Å²) in [6.07, 6.45) is 0.174. The quantitative estimate of drug-likeness (QED) is 0.515. The molecule has 0 aromatic carbocycles. The van der Waals surface area contributed by atoms with Gasteiger partial charge in [0, 0.05) is 13.1 Å². The lowest BCUT2D eigenvalue weighted by Crippen LogP contribution is -2.69. The minimum atomic E-state index is -0.741. The Bertz CT molecular complexity index is 146. The van der Waals surface area contributed by atoms with Crippen molar-refractivity contribution in [3.63, 3.8) is 0 Å². The molecule has 1 rings (SSSR count). The molecule has 0 spiro atoms. The normalized spacial score (nSPS) is 23.8. The van der Waals surface area contributed by atoms with Crippen molar-refractivity contribution >= 4 is 0 Å². The lowest BCUT2D eigenvalue weighted by Gasteiger charge is -2.42. The van der Waals surface area contributed by atoms with Gasteiger partial charge in [0.25, 0.3) is 0 Å². The van der Waals surface area contributed by atoms with Crippen LogP contribution in [0.3, 0.4) is 0 Å². The molecule has 4 nitrogen and oxygen atoms in total. The fourth-order valence-corrected chi connectivity index (χ4v) is 1.09. The van der Waals surface area contributed by atoms with Gasteiger partial charge in [-0.05, 0) is 13.8 Å². The number of β-amino-alcohol motifs (C(OH)–C–C–N with tert-alkyl or cyclic N) is 1. The van der Waals surface area contributed by atoms with Crippen molar-refractivity contribution in [3.8, 4) is 0 Å². The fourth-order valence-electron chi connectivity index (χ4n) is 1.09. The molecule has 0 aromatic heterocycles. The second-order valence-electron chi connectivity index (χ2n) is 3.70. The van der Waals surface area contributed by atoms with Crippen LogP contribution in [-0.2, 0) is 4.74 Å². The van der Waals surface area contributed by atoms with Crippen LogP contribution in [0.15, 0.2) is 0 Å². The average Bonchev–Trinajstić information content (AvgIpc) is 1.95. The first kappa shape index (κ1) is 9.92. The third-order valence-corrected chi connectivity index (χ3v) is 2.16. The van der Waals surface area contributed by atoms with Gasteiger partial charge in [-0.2, -0.15) is 0 Å². The van der Waals surface area contributed by atoms with E-state index in [1.165, 1.54) is 0 Å². The molecule has 0 aliphatic carbocycles. The Hall–Kier alpha value is -0.160. The molecule has 1 heterocycles. The summed E-state index contributed by atoms with van der Waals surface area (Å²) in [6.45, 7) is 5.49. The minimum absolute atomic E-state index is 0.174. The van der Waals surface area contributed by atoms with Crippen molar-refractivity contribution in [1.82, 2.24) is 5.32 Å². The molecule has 0 radical (unpaired) electrons. The summed E-state index contributed by atoms with van der Waals surface area (Å²) in [5.41, 5.74) is 5.01. The van der Waals surface area contributed by atoms with Gasteiger partial charge in [0.1, 0.15) is 5.60 Å². The summed E-state index contributed by atoms with van der Waals surface area (Å²) in [5.74, 6) is 0. The summed E-state index contributed by atoms with van der Waals surface area (Å²) in [5, 5.41) is 12.7. The van der Waals surface area contributed by atoms with Gasteiger partial charge in [0.05, 0.1) is 18.8 Å². The molecule has 0 saturated carbocycles. The molecule has 12 heavy (non-hydrogen) atoms. The number of nitrogens with one attached hydrogen (secondary N) is 1. The molecule has 1 fully saturated rings. The molecular formula is C8H18N2O2. The third-order valence-electron chi connectivity index (χ3n) is 2.16. The number of aliphatic hydroxyl groups is 1. The van der Waals surface area contributed by atoms with Crippen LogP contribution in [0.5, 0.6) is 0 Å². The van der Waals surface area contributed by atoms with E-state index >= 15 is 0 Å². The van der Waals surface area contributed by atoms with Crippen molar-refractivity contribution in [2.24, 2.45) is 5.73 Å². The van der Waals surface area contributed by atoms with Crippen LogP contribution in [0, 0.1) is 0 Å². The molecule has 1 unspecified atom stereocenters. The summed E-state index contributed by atoms with van der Waals surface area (Å²) < 4.78 is 5.31. The summed E-state index contributed by atoms with van der Waals surface area (Å²) >= 11 is 0. The molecule has 0 bridgehead atoms. The topological polar surface area (TPSA) is 67.5 Å². The lowest BCUT2D eigenvalue weighted by atomic mass is 9.89. The van der Waals surface area contributed by atoms with Crippen LogP contribution in [0.4, 0.5) is 0 Å². The SMILES string of the molecule is CC(C)OCC(N)C1(O)CNC1. The second-order valence-corrected chi connectivity index (χ2v) is 3.70. The Morgan fingerprint density at radius 2 is 2.17 bits per heavy atom. The highest BCUT2D eigenvalue weighted by Crippen LogP contribution is 2.14.